The van der Waals surface area contributed by atoms with E-state index in [0.717, 1.165) is 12.8 Å². The third kappa shape index (κ3) is 1.95. The molecule has 0 saturated carbocycles. The average Bonchev–Trinajstić information content (AvgIpc) is 2.31. The number of hydrogen-bond acceptors (Lipinski definition) is 2. The van der Waals surface area contributed by atoms with Crippen molar-refractivity contribution in [2.45, 2.75) is 19.3 Å². The quantitative estimate of drug-likeness (QED) is 0.632. The summed E-state index contributed by atoms with van der Waals surface area (Å²) in [7, 11) is 0. The van der Waals surface area contributed by atoms with Crippen molar-refractivity contribution < 1.29 is 9.90 Å². The van der Waals surface area contributed by atoms with Crippen molar-refractivity contribution >= 4 is 5.78 Å². The molecule has 0 radical (unpaired) electrons. The lowest BCUT2D eigenvalue weighted by Gasteiger charge is -2.02. The van der Waals surface area contributed by atoms with Crippen molar-refractivity contribution in [1.82, 2.24) is 0 Å². The summed E-state index contributed by atoms with van der Waals surface area (Å²) in [5, 5.41) is 8.48. The lowest BCUT2D eigenvalue weighted by Crippen LogP contribution is -1.97. The molecular weight excluding hydrogens is 128 g/mol. The maximum Gasteiger partial charge on any atom is 0.155 e. The highest BCUT2D eigenvalue weighted by Gasteiger charge is 2.14. The number of aliphatic hydroxyl groups is 1. The van der Waals surface area contributed by atoms with Gasteiger partial charge in [-0.05, 0) is 24.8 Å². The van der Waals surface area contributed by atoms with E-state index in [1.54, 1.807) is 6.08 Å². The Morgan fingerprint density at radius 3 is 3.00 bits per heavy atom. The summed E-state index contributed by atoms with van der Waals surface area (Å²) in [6.45, 7) is 0.235. The molecule has 2 heteroatoms. The Hall–Kier alpha value is -0.630. The Morgan fingerprint density at radius 1 is 1.70 bits per heavy atom. The fourth-order valence-corrected chi connectivity index (χ4v) is 1.19. The third-order valence-electron chi connectivity index (χ3n) is 1.75. The van der Waals surface area contributed by atoms with Crippen LogP contribution in [0, 0.1) is 5.92 Å². The fraction of sp³-hybridized carbons (Fsp3) is 0.625. The van der Waals surface area contributed by atoms with Gasteiger partial charge in [0.1, 0.15) is 0 Å². The van der Waals surface area contributed by atoms with E-state index in [2.05, 4.69) is 0 Å². The number of allylic oxidation sites excluding steroid dienone is 2. The molecule has 0 aromatic heterocycles. The van der Waals surface area contributed by atoms with E-state index in [4.69, 9.17) is 5.11 Å². The maximum absolute atomic E-state index is 10.7. The van der Waals surface area contributed by atoms with Crippen LogP contribution in [0.25, 0.3) is 0 Å². The molecule has 0 aromatic rings. The van der Waals surface area contributed by atoms with Crippen molar-refractivity contribution in [2.24, 2.45) is 5.92 Å². The van der Waals surface area contributed by atoms with Crippen molar-refractivity contribution in [3.63, 3.8) is 0 Å². The first-order chi connectivity index (χ1) is 4.83. The molecule has 1 N–H and O–H groups in total. The van der Waals surface area contributed by atoms with Gasteiger partial charge in [0.05, 0.1) is 0 Å². The van der Waals surface area contributed by atoms with Crippen LogP contribution in [0.15, 0.2) is 12.2 Å². The van der Waals surface area contributed by atoms with Gasteiger partial charge < -0.3 is 5.11 Å². The molecule has 1 unspecified atom stereocenters. The van der Waals surface area contributed by atoms with Gasteiger partial charge in [0.2, 0.25) is 0 Å². The zero-order valence-corrected chi connectivity index (χ0v) is 5.92. The van der Waals surface area contributed by atoms with Crippen molar-refractivity contribution in [3.8, 4) is 0 Å². The van der Waals surface area contributed by atoms with Crippen molar-refractivity contribution in [3.05, 3.63) is 12.2 Å². The Kier molecular flexibility index (Phi) is 2.63. The smallest absolute Gasteiger partial charge is 0.155 e. The van der Waals surface area contributed by atoms with Gasteiger partial charge in [0.25, 0.3) is 0 Å². The topological polar surface area (TPSA) is 37.3 Å². The highest BCUT2D eigenvalue weighted by molar-refractivity contribution is 5.92. The molecule has 0 bridgehead atoms. The summed E-state index contributed by atoms with van der Waals surface area (Å²) in [5.74, 6) is 0.627. The van der Waals surface area contributed by atoms with Gasteiger partial charge in [0.15, 0.2) is 5.78 Å². The number of aliphatic hydroxyl groups excluding tert-OH is 1. The highest BCUT2D eigenvalue weighted by Crippen LogP contribution is 2.18. The molecule has 0 saturated heterocycles. The van der Waals surface area contributed by atoms with Crippen LogP contribution in [0.2, 0.25) is 0 Å². The SMILES string of the molecule is O=C1C=CC(CCCO)C1. The second-order valence-corrected chi connectivity index (χ2v) is 2.66. The summed E-state index contributed by atoms with van der Waals surface area (Å²) in [6.07, 6.45) is 5.99. The van der Waals surface area contributed by atoms with E-state index in [-0.39, 0.29) is 12.4 Å². The summed E-state index contributed by atoms with van der Waals surface area (Å²) < 4.78 is 0. The second-order valence-electron chi connectivity index (χ2n) is 2.66. The number of carbonyl (C=O) groups excluding carboxylic acids is 1. The Morgan fingerprint density at radius 2 is 2.50 bits per heavy atom. The van der Waals surface area contributed by atoms with E-state index < -0.39 is 0 Å². The van der Waals surface area contributed by atoms with E-state index in [1.165, 1.54) is 0 Å². The molecule has 0 aliphatic heterocycles. The van der Waals surface area contributed by atoms with Gasteiger partial charge in [-0.25, -0.2) is 0 Å². The minimum Gasteiger partial charge on any atom is -0.396 e. The summed E-state index contributed by atoms with van der Waals surface area (Å²) in [4.78, 5) is 10.7. The van der Waals surface area contributed by atoms with E-state index >= 15 is 0 Å². The molecule has 1 aliphatic rings. The average molecular weight is 140 g/mol. The minimum atomic E-state index is 0.225. The molecule has 1 atom stereocenters. The predicted molar refractivity (Wildman–Crippen MR) is 38.6 cm³/mol. The van der Waals surface area contributed by atoms with Crippen LogP contribution >= 0.6 is 0 Å². The Balaban J connectivity index is 2.20. The van der Waals surface area contributed by atoms with Gasteiger partial charge in [0, 0.05) is 13.0 Å². The maximum atomic E-state index is 10.7. The minimum absolute atomic E-state index is 0.225. The van der Waals surface area contributed by atoms with Crippen LogP contribution in [-0.4, -0.2) is 17.5 Å². The Labute approximate surface area is 60.6 Å². The molecule has 0 fully saturated rings. The van der Waals surface area contributed by atoms with Crippen LogP contribution in [0.4, 0.5) is 0 Å². The van der Waals surface area contributed by atoms with Crippen LogP contribution in [-0.2, 0) is 4.79 Å². The molecule has 1 aliphatic carbocycles. The lowest BCUT2D eigenvalue weighted by molar-refractivity contribution is -0.114. The predicted octanol–water partition coefficient (Wildman–Crippen LogP) is 0.904. The second kappa shape index (κ2) is 3.52. The first-order valence-electron chi connectivity index (χ1n) is 3.65. The molecule has 0 amide bonds. The van der Waals surface area contributed by atoms with Gasteiger partial charge in [-0.15, -0.1) is 0 Å². The first kappa shape index (κ1) is 7.48. The molecular formula is C8H12O2. The fourth-order valence-electron chi connectivity index (χ4n) is 1.19. The molecule has 10 heavy (non-hydrogen) atoms. The standard InChI is InChI=1S/C8H12O2/c9-5-1-2-7-3-4-8(10)6-7/h3-4,7,9H,1-2,5-6H2. The number of hydrogen-bond donors (Lipinski definition) is 1. The summed E-state index contributed by atoms with van der Waals surface area (Å²) in [5.41, 5.74) is 0. The van der Waals surface area contributed by atoms with E-state index in [9.17, 15) is 4.79 Å². The zero-order chi connectivity index (χ0) is 7.40. The van der Waals surface area contributed by atoms with E-state index in [1.807, 2.05) is 6.08 Å². The zero-order valence-electron chi connectivity index (χ0n) is 5.92. The van der Waals surface area contributed by atoms with Crippen LogP contribution in [0.1, 0.15) is 19.3 Å². The number of carbonyl (C=O) groups is 1. The normalized spacial score (nSPS) is 24.1. The van der Waals surface area contributed by atoms with E-state index in [0.29, 0.717) is 12.3 Å². The number of ketones is 1. The first-order valence-corrected chi connectivity index (χ1v) is 3.65. The largest absolute Gasteiger partial charge is 0.396 e. The molecule has 0 heterocycles. The highest BCUT2D eigenvalue weighted by atomic mass is 16.2. The van der Waals surface area contributed by atoms with Crippen LogP contribution in [0.3, 0.4) is 0 Å². The van der Waals surface area contributed by atoms with Gasteiger partial charge in [-0.3, -0.25) is 4.79 Å². The summed E-state index contributed by atoms with van der Waals surface area (Å²) >= 11 is 0. The summed E-state index contributed by atoms with van der Waals surface area (Å²) in [6, 6.07) is 0. The molecule has 0 aromatic carbocycles. The monoisotopic (exact) mass is 140 g/mol. The van der Waals surface area contributed by atoms with Gasteiger partial charge in [-0.2, -0.15) is 0 Å². The van der Waals surface area contributed by atoms with Gasteiger partial charge in [-0.1, -0.05) is 6.08 Å². The number of rotatable bonds is 3. The third-order valence-corrected chi connectivity index (χ3v) is 1.75. The molecule has 56 valence electrons. The Bertz CT molecular complexity index is 149. The van der Waals surface area contributed by atoms with Crippen LogP contribution < -0.4 is 0 Å². The lowest BCUT2D eigenvalue weighted by atomic mass is 10.0. The van der Waals surface area contributed by atoms with Crippen molar-refractivity contribution in [1.29, 1.82) is 0 Å². The molecule has 1 rings (SSSR count). The molecule has 2 nitrogen and oxygen atoms in total. The van der Waals surface area contributed by atoms with Gasteiger partial charge >= 0.3 is 0 Å². The van der Waals surface area contributed by atoms with Crippen molar-refractivity contribution in [2.75, 3.05) is 6.61 Å². The molecule has 0 spiro atoms. The van der Waals surface area contributed by atoms with Crippen LogP contribution in [0.5, 0.6) is 0 Å².